The molecular weight excluding hydrogens is 411 g/mol. The molecule has 2 aromatic rings. The van der Waals surface area contributed by atoms with Gasteiger partial charge in [-0.1, -0.05) is 17.9 Å². The lowest BCUT2D eigenvalue weighted by Gasteiger charge is -2.27. The highest BCUT2D eigenvalue weighted by atomic mass is 19.4. The van der Waals surface area contributed by atoms with Gasteiger partial charge in [0.2, 0.25) is 0 Å². The van der Waals surface area contributed by atoms with Gasteiger partial charge >= 0.3 is 6.36 Å². The molecule has 2 aromatic carbocycles. The maximum Gasteiger partial charge on any atom is 0.573 e. The molecule has 31 heavy (non-hydrogen) atoms. The molecule has 1 amide bonds. The predicted octanol–water partition coefficient (Wildman–Crippen LogP) is 3.62. The maximum absolute atomic E-state index is 12.7. The number of hydrogen-bond acceptors (Lipinski definition) is 5. The van der Waals surface area contributed by atoms with Crippen LogP contribution in [0.1, 0.15) is 11.1 Å². The van der Waals surface area contributed by atoms with Crippen LogP contribution in [0.5, 0.6) is 11.5 Å². The van der Waals surface area contributed by atoms with Crippen LogP contribution in [0.3, 0.4) is 0 Å². The summed E-state index contributed by atoms with van der Waals surface area (Å²) in [6.45, 7) is 2.60. The van der Waals surface area contributed by atoms with E-state index in [2.05, 4.69) is 27.2 Å². The zero-order valence-electron chi connectivity index (χ0n) is 17.3. The van der Waals surface area contributed by atoms with E-state index in [1.165, 1.54) is 12.1 Å². The second-order valence-electron chi connectivity index (χ2n) is 7.27. The van der Waals surface area contributed by atoms with Crippen molar-refractivity contribution in [1.82, 2.24) is 4.90 Å². The number of aryl methyl sites for hydroxylation is 1. The van der Waals surface area contributed by atoms with E-state index in [9.17, 15) is 18.0 Å². The summed E-state index contributed by atoms with van der Waals surface area (Å²) in [5.74, 6) is 5.61. The number of halogens is 3. The highest BCUT2D eigenvalue weighted by Crippen LogP contribution is 2.35. The first-order chi connectivity index (χ1) is 14.6. The molecule has 3 rings (SSSR count). The molecule has 1 aliphatic heterocycles. The van der Waals surface area contributed by atoms with E-state index in [0.29, 0.717) is 23.5 Å². The van der Waals surface area contributed by atoms with Gasteiger partial charge in [-0.2, -0.15) is 0 Å². The van der Waals surface area contributed by atoms with Crippen molar-refractivity contribution in [3.8, 4) is 23.3 Å². The molecule has 1 aliphatic rings. The summed E-state index contributed by atoms with van der Waals surface area (Å²) in [5.41, 5.74) is 2.57. The zero-order chi connectivity index (χ0) is 22.6. The van der Waals surface area contributed by atoms with Gasteiger partial charge in [-0.3, -0.25) is 9.69 Å². The first-order valence-electron chi connectivity index (χ1n) is 9.46. The summed E-state index contributed by atoms with van der Waals surface area (Å²) in [6, 6.07) is 9.16. The van der Waals surface area contributed by atoms with E-state index in [0.717, 1.165) is 11.6 Å². The number of nitrogens with zero attached hydrogens (tertiary/aromatic N) is 1. The van der Waals surface area contributed by atoms with E-state index in [-0.39, 0.29) is 18.0 Å². The highest BCUT2D eigenvalue weighted by Gasteiger charge is 2.32. The fraction of sp³-hybridized carbons (Fsp3) is 0.318. The smallest absolute Gasteiger partial charge is 0.477 e. The van der Waals surface area contributed by atoms with Gasteiger partial charge < -0.3 is 20.1 Å². The molecule has 9 heteroatoms. The predicted molar refractivity (Wildman–Crippen MR) is 111 cm³/mol. The molecule has 2 N–H and O–H groups in total. The Hall–Kier alpha value is -3.38. The van der Waals surface area contributed by atoms with Crippen LogP contribution < -0.4 is 20.1 Å². The summed E-state index contributed by atoms with van der Waals surface area (Å²) in [4.78, 5) is 14.7. The summed E-state index contributed by atoms with van der Waals surface area (Å²) in [7, 11) is 3.83. The molecule has 1 unspecified atom stereocenters. The number of rotatable bonds is 4. The molecule has 0 fully saturated rings. The third kappa shape index (κ3) is 6.30. The number of anilines is 2. The van der Waals surface area contributed by atoms with Gasteiger partial charge in [0, 0.05) is 11.6 Å². The minimum Gasteiger partial charge on any atom is -0.477 e. The van der Waals surface area contributed by atoms with Gasteiger partial charge in [0.15, 0.2) is 6.10 Å². The lowest BCUT2D eigenvalue weighted by molar-refractivity contribution is -0.274. The number of ether oxygens (including phenoxy) is 2. The van der Waals surface area contributed by atoms with E-state index < -0.39 is 18.4 Å². The Morgan fingerprint density at radius 1 is 1.29 bits per heavy atom. The molecule has 1 atom stereocenters. The quantitative estimate of drug-likeness (QED) is 0.722. The lowest BCUT2D eigenvalue weighted by atomic mass is 10.1. The molecule has 6 nitrogen and oxygen atoms in total. The van der Waals surface area contributed by atoms with Crippen molar-refractivity contribution in [2.45, 2.75) is 19.4 Å². The van der Waals surface area contributed by atoms with Crippen LogP contribution in [0.4, 0.5) is 24.5 Å². The van der Waals surface area contributed by atoms with Crippen molar-refractivity contribution < 1.29 is 27.4 Å². The number of nitrogens with one attached hydrogen (secondary N) is 2. The van der Waals surface area contributed by atoms with Crippen LogP contribution in [0, 0.1) is 18.8 Å². The van der Waals surface area contributed by atoms with Gasteiger partial charge in [0.05, 0.1) is 24.5 Å². The normalized spacial score (nSPS) is 15.1. The second kappa shape index (κ2) is 9.18. The monoisotopic (exact) mass is 433 g/mol. The van der Waals surface area contributed by atoms with Crippen molar-refractivity contribution in [2.24, 2.45) is 0 Å². The Labute approximate surface area is 178 Å². The Balaban J connectivity index is 1.71. The standard InChI is InChI=1S/C22H22F3N3O3/c1-14-6-8-17(15(11-14)5-4-10-28(2)3)27-21(29)20-13-26-18-12-16(31-22(23,24)25)7-9-19(18)30-20/h6-9,11-12,20,26H,10,13H2,1-3H3,(H,27,29). The SMILES string of the molecule is Cc1ccc(NC(=O)C2CNc3cc(OC(F)(F)F)ccc3O2)c(C#CCN(C)C)c1. The van der Waals surface area contributed by atoms with Crippen molar-refractivity contribution in [3.05, 3.63) is 47.5 Å². The van der Waals surface area contributed by atoms with Gasteiger partial charge in [-0.15, -0.1) is 13.2 Å². The number of alkyl halides is 3. The number of benzene rings is 2. The molecule has 0 bridgehead atoms. The fourth-order valence-corrected chi connectivity index (χ4v) is 2.87. The minimum absolute atomic E-state index is 0.0851. The summed E-state index contributed by atoms with van der Waals surface area (Å²) in [6.07, 6.45) is -5.65. The van der Waals surface area contributed by atoms with Gasteiger partial charge in [0.25, 0.3) is 5.91 Å². The molecule has 0 aromatic heterocycles. The van der Waals surface area contributed by atoms with Crippen LogP contribution in [0.2, 0.25) is 0 Å². The number of amides is 1. The van der Waals surface area contributed by atoms with Crippen molar-refractivity contribution in [2.75, 3.05) is 37.8 Å². The Morgan fingerprint density at radius 2 is 2.06 bits per heavy atom. The Bertz CT molecular complexity index is 1030. The Kier molecular flexibility index (Phi) is 6.61. The van der Waals surface area contributed by atoms with E-state index in [1.54, 1.807) is 6.07 Å². The van der Waals surface area contributed by atoms with Gasteiger partial charge in [-0.25, -0.2) is 0 Å². The van der Waals surface area contributed by atoms with Crippen molar-refractivity contribution in [3.63, 3.8) is 0 Å². The Morgan fingerprint density at radius 3 is 2.77 bits per heavy atom. The molecule has 0 radical (unpaired) electrons. The minimum atomic E-state index is -4.78. The number of carbonyl (C=O) groups is 1. The van der Waals surface area contributed by atoms with Crippen LogP contribution in [-0.2, 0) is 4.79 Å². The highest BCUT2D eigenvalue weighted by molar-refractivity contribution is 5.96. The number of fused-ring (bicyclic) bond motifs is 1. The summed E-state index contributed by atoms with van der Waals surface area (Å²) in [5, 5.41) is 5.73. The maximum atomic E-state index is 12.7. The third-order valence-electron chi connectivity index (χ3n) is 4.28. The van der Waals surface area contributed by atoms with Gasteiger partial charge in [0.1, 0.15) is 11.5 Å². The van der Waals surface area contributed by atoms with Crippen LogP contribution in [0.15, 0.2) is 36.4 Å². The molecule has 0 aliphatic carbocycles. The van der Waals surface area contributed by atoms with Crippen LogP contribution in [-0.4, -0.2) is 50.5 Å². The van der Waals surface area contributed by atoms with E-state index >= 15 is 0 Å². The van der Waals surface area contributed by atoms with Crippen molar-refractivity contribution in [1.29, 1.82) is 0 Å². The van der Waals surface area contributed by atoms with E-state index in [4.69, 9.17) is 4.74 Å². The molecule has 0 spiro atoms. The van der Waals surface area contributed by atoms with Crippen molar-refractivity contribution >= 4 is 17.3 Å². The molecule has 164 valence electrons. The molecular formula is C22H22F3N3O3. The average molecular weight is 433 g/mol. The first-order valence-corrected chi connectivity index (χ1v) is 9.46. The van der Waals surface area contributed by atoms with Gasteiger partial charge in [-0.05, 0) is 50.8 Å². The molecule has 0 saturated carbocycles. The third-order valence-corrected chi connectivity index (χ3v) is 4.28. The summed E-state index contributed by atoms with van der Waals surface area (Å²) >= 11 is 0. The van der Waals surface area contributed by atoms with Crippen LogP contribution >= 0.6 is 0 Å². The second-order valence-corrected chi connectivity index (χ2v) is 7.27. The number of carbonyl (C=O) groups excluding carboxylic acids is 1. The number of hydrogen-bond donors (Lipinski definition) is 2. The topological polar surface area (TPSA) is 62.8 Å². The van der Waals surface area contributed by atoms with E-state index in [1.807, 2.05) is 38.1 Å². The molecule has 0 saturated heterocycles. The zero-order valence-corrected chi connectivity index (χ0v) is 17.3. The van der Waals surface area contributed by atoms with Crippen LogP contribution in [0.25, 0.3) is 0 Å². The average Bonchev–Trinajstić information content (AvgIpc) is 2.68. The fourth-order valence-electron chi connectivity index (χ4n) is 2.87. The molecule has 1 heterocycles. The summed E-state index contributed by atoms with van der Waals surface area (Å²) < 4.78 is 46.7. The first kappa shape index (κ1) is 22.3. The lowest BCUT2D eigenvalue weighted by Crippen LogP contribution is -2.41. The largest absolute Gasteiger partial charge is 0.573 e.